The first-order valence-corrected chi connectivity index (χ1v) is 6.70. The molecule has 5 heteroatoms. The molecule has 0 bridgehead atoms. The molecule has 0 spiro atoms. The van der Waals surface area contributed by atoms with Crippen LogP contribution in [0.5, 0.6) is 5.75 Å². The predicted octanol–water partition coefficient (Wildman–Crippen LogP) is 1.32. The van der Waals surface area contributed by atoms with Crippen molar-refractivity contribution in [1.82, 2.24) is 10.6 Å². The van der Waals surface area contributed by atoms with Crippen molar-refractivity contribution in [2.45, 2.75) is 33.7 Å². The maximum atomic E-state index is 11.7. The van der Waals surface area contributed by atoms with Crippen molar-refractivity contribution in [3.05, 3.63) is 29.3 Å². The van der Waals surface area contributed by atoms with E-state index in [0.717, 1.165) is 11.1 Å². The van der Waals surface area contributed by atoms with Crippen LogP contribution in [0.25, 0.3) is 0 Å². The molecule has 0 fully saturated rings. The van der Waals surface area contributed by atoms with E-state index in [4.69, 9.17) is 4.74 Å². The van der Waals surface area contributed by atoms with Gasteiger partial charge in [0.1, 0.15) is 11.8 Å². The number of rotatable bonds is 6. The van der Waals surface area contributed by atoms with Crippen LogP contribution in [0.15, 0.2) is 18.2 Å². The molecule has 2 N–H and O–H groups in total. The number of carbonyl (C=O) groups is 2. The van der Waals surface area contributed by atoms with Gasteiger partial charge in [-0.3, -0.25) is 9.59 Å². The Balaban J connectivity index is 2.45. The van der Waals surface area contributed by atoms with Gasteiger partial charge in [-0.2, -0.15) is 0 Å². The molecule has 0 aliphatic carbocycles. The van der Waals surface area contributed by atoms with Crippen LogP contribution in [-0.4, -0.2) is 31.0 Å². The van der Waals surface area contributed by atoms with Gasteiger partial charge in [0.25, 0.3) is 5.91 Å². The lowest BCUT2D eigenvalue weighted by molar-refractivity contribution is -0.129. The van der Waals surface area contributed by atoms with Crippen LogP contribution < -0.4 is 15.4 Å². The van der Waals surface area contributed by atoms with E-state index in [9.17, 15) is 9.59 Å². The molecule has 0 radical (unpaired) electrons. The van der Waals surface area contributed by atoms with Crippen molar-refractivity contribution in [2.24, 2.45) is 0 Å². The largest absolute Gasteiger partial charge is 0.484 e. The Morgan fingerprint density at radius 1 is 1.20 bits per heavy atom. The zero-order valence-corrected chi connectivity index (χ0v) is 12.4. The van der Waals surface area contributed by atoms with Crippen molar-refractivity contribution < 1.29 is 14.3 Å². The first-order chi connectivity index (χ1) is 9.42. The smallest absolute Gasteiger partial charge is 0.258 e. The third kappa shape index (κ3) is 5.30. The summed E-state index contributed by atoms with van der Waals surface area (Å²) in [6.07, 6.45) is 0. The Hall–Kier alpha value is -2.04. The van der Waals surface area contributed by atoms with Gasteiger partial charge in [-0.05, 0) is 51.0 Å². The molecule has 1 aromatic rings. The molecule has 110 valence electrons. The van der Waals surface area contributed by atoms with E-state index in [2.05, 4.69) is 10.6 Å². The van der Waals surface area contributed by atoms with E-state index in [1.54, 1.807) is 6.92 Å². The van der Waals surface area contributed by atoms with E-state index >= 15 is 0 Å². The molecule has 0 aromatic heterocycles. The summed E-state index contributed by atoms with van der Waals surface area (Å²) in [5.41, 5.74) is 2.16. The maximum absolute atomic E-state index is 11.7. The summed E-state index contributed by atoms with van der Waals surface area (Å²) in [5.74, 6) is 0.137. The highest BCUT2D eigenvalue weighted by atomic mass is 16.5. The monoisotopic (exact) mass is 278 g/mol. The third-order valence-corrected chi connectivity index (χ3v) is 2.69. The van der Waals surface area contributed by atoms with Crippen molar-refractivity contribution in [2.75, 3.05) is 13.2 Å². The molecule has 0 aliphatic heterocycles. The average Bonchev–Trinajstić information content (AvgIpc) is 2.35. The fourth-order valence-corrected chi connectivity index (χ4v) is 1.84. The van der Waals surface area contributed by atoms with Crippen LogP contribution in [0.2, 0.25) is 0 Å². The Labute approximate surface area is 119 Å². The Bertz CT molecular complexity index is 466. The van der Waals surface area contributed by atoms with Crippen LogP contribution in [0.1, 0.15) is 25.0 Å². The molecule has 0 saturated heterocycles. The molecular weight excluding hydrogens is 256 g/mol. The van der Waals surface area contributed by atoms with Gasteiger partial charge in [-0.25, -0.2) is 0 Å². The van der Waals surface area contributed by atoms with Crippen molar-refractivity contribution in [1.29, 1.82) is 0 Å². The summed E-state index contributed by atoms with van der Waals surface area (Å²) in [6.45, 7) is 7.84. The fraction of sp³-hybridized carbons (Fsp3) is 0.467. The van der Waals surface area contributed by atoms with E-state index in [-0.39, 0.29) is 18.4 Å². The molecule has 2 amide bonds. The van der Waals surface area contributed by atoms with Crippen molar-refractivity contribution in [3.8, 4) is 5.75 Å². The van der Waals surface area contributed by atoms with Gasteiger partial charge in [0.2, 0.25) is 5.91 Å². The van der Waals surface area contributed by atoms with Gasteiger partial charge >= 0.3 is 0 Å². The van der Waals surface area contributed by atoms with Crippen LogP contribution in [-0.2, 0) is 9.59 Å². The fourth-order valence-electron chi connectivity index (χ4n) is 1.84. The lowest BCUT2D eigenvalue weighted by Crippen LogP contribution is -2.46. The molecule has 0 aliphatic rings. The lowest BCUT2D eigenvalue weighted by Gasteiger charge is -2.14. The highest BCUT2D eigenvalue weighted by Crippen LogP contribution is 2.15. The van der Waals surface area contributed by atoms with Crippen LogP contribution in [0.4, 0.5) is 0 Å². The van der Waals surface area contributed by atoms with E-state index in [0.29, 0.717) is 12.3 Å². The molecule has 0 unspecified atom stereocenters. The SMILES string of the molecule is CCNC(=O)[C@@H](C)NC(=O)COc1cc(C)cc(C)c1. The standard InChI is InChI=1S/C15H22N2O3/c1-5-16-15(19)12(4)17-14(18)9-20-13-7-10(2)6-11(3)8-13/h6-8,12H,5,9H2,1-4H3,(H,16,19)(H,17,18)/t12-/m1/s1. The number of ether oxygens (including phenoxy) is 1. The van der Waals surface area contributed by atoms with E-state index < -0.39 is 6.04 Å². The first kappa shape index (κ1) is 16.0. The molecule has 1 rings (SSSR count). The zero-order valence-electron chi connectivity index (χ0n) is 12.4. The summed E-state index contributed by atoms with van der Waals surface area (Å²) in [6, 6.07) is 5.20. The van der Waals surface area contributed by atoms with Gasteiger partial charge in [-0.1, -0.05) is 6.07 Å². The molecule has 20 heavy (non-hydrogen) atoms. The number of nitrogens with one attached hydrogen (secondary N) is 2. The Morgan fingerprint density at radius 2 is 1.80 bits per heavy atom. The van der Waals surface area contributed by atoms with Gasteiger partial charge in [0.15, 0.2) is 6.61 Å². The minimum atomic E-state index is -0.565. The molecular formula is C15H22N2O3. The van der Waals surface area contributed by atoms with Crippen LogP contribution in [0, 0.1) is 13.8 Å². The molecule has 0 saturated carbocycles. The Kier molecular flexibility index (Phi) is 6.03. The van der Waals surface area contributed by atoms with Crippen LogP contribution in [0.3, 0.4) is 0 Å². The average molecular weight is 278 g/mol. The zero-order chi connectivity index (χ0) is 15.1. The summed E-state index contributed by atoms with van der Waals surface area (Å²) < 4.78 is 5.43. The third-order valence-electron chi connectivity index (χ3n) is 2.69. The molecule has 1 aromatic carbocycles. The minimum absolute atomic E-state index is 0.105. The number of hydrogen-bond acceptors (Lipinski definition) is 3. The van der Waals surface area contributed by atoms with Crippen LogP contribution >= 0.6 is 0 Å². The van der Waals surface area contributed by atoms with Gasteiger partial charge < -0.3 is 15.4 Å². The molecule has 5 nitrogen and oxygen atoms in total. The predicted molar refractivity (Wildman–Crippen MR) is 77.7 cm³/mol. The number of likely N-dealkylation sites (N-methyl/N-ethyl adjacent to an activating group) is 1. The molecule has 1 atom stereocenters. The summed E-state index contributed by atoms with van der Waals surface area (Å²) >= 11 is 0. The second-order valence-corrected chi connectivity index (χ2v) is 4.80. The Morgan fingerprint density at radius 3 is 2.35 bits per heavy atom. The van der Waals surface area contributed by atoms with Gasteiger partial charge in [-0.15, -0.1) is 0 Å². The highest BCUT2D eigenvalue weighted by molar-refractivity contribution is 5.87. The van der Waals surface area contributed by atoms with E-state index in [1.165, 1.54) is 0 Å². The summed E-state index contributed by atoms with van der Waals surface area (Å²) in [5, 5.41) is 5.23. The molecule has 0 heterocycles. The second kappa shape index (κ2) is 7.53. The summed E-state index contributed by atoms with van der Waals surface area (Å²) in [4.78, 5) is 23.2. The maximum Gasteiger partial charge on any atom is 0.258 e. The lowest BCUT2D eigenvalue weighted by atomic mass is 10.1. The summed E-state index contributed by atoms with van der Waals surface area (Å²) in [7, 11) is 0. The second-order valence-electron chi connectivity index (χ2n) is 4.80. The number of aryl methyl sites for hydroxylation is 2. The number of benzene rings is 1. The quantitative estimate of drug-likeness (QED) is 0.824. The van der Waals surface area contributed by atoms with E-state index in [1.807, 2.05) is 39.0 Å². The number of hydrogen-bond donors (Lipinski definition) is 2. The highest BCUT2D eigenvalue weighted by Gasteiger charge is 2.14. The van der Waals surface area contributed by atoms with Gasteiger partial charge in [0.05, 0.1) is 0 Å². The number of amides is 2. The minimum Gasteiger partial charge on any atom is -0.484 e. The van der Waals surface area contributed by atoms with Gasteiger partial charge in [0, 0.05) is 6.54 Å². The first-order valence-electron chi connectivity index (χ1n) is 6.70. The number of carbonyl (C=O) groups excluding carboxylic acids is 2. The topological polar surface area (TPSA) is 67.4 Å². The normalized spacial score (nSPS) is 11.6. The van der Waals surface area contributed by atoms with Crippen molar-refractivity contribution in [3.63, 3.8) is 0 Å². The van der Waals surface area contributed by atoms with Crippen molar-refractivity contribution >= 4 is 11.8 Å².